The molecule has 2 N–H and O–H groups in total. The van der Waals surface area contributed by atoms with Gasteiger partial charge >= 0.3 is 11.9 Å². The average molecular weight is 453 g/mol. The molecule has 176 valence electrons. The van der Waals surface area contributed by atoms with Gasteiger partial charge in [0.05, 0.1) is 12.6 Å². The first-order valence-electron chi connectivity index (χ1n) is 11.6. The lowest BCUT2D eigenvalue weighted by atomic mass is 10.0. The van der Waals surface area contributed by atoms with Crippen molar-refractivity contribution in [1.29, 1.82) is 0 Å². The number of carboxylic acid groups (broad SMARTS) is 1. The lowest BCUT2D eigenvalue weighted by Crippen LogP contribution is -2.53. The van der Waals surface area contributed by atoms with Crippen LogP contribution in [0.3, 0.4) is 0 Å². The molecular formula is C26H32N2O5. The van der Waals surface area contributed by atoms with Crippen molar-refractivity contribution in [3.8, 4) is 0 Å². The number of aryl methyl sites for hydroxylation is 2. The third kappa shape index (κ3) is 6.89. The van der Waals surface area contributed by atoms with Crippen LogP contribution in [0.2, 0.25) is 0 Å². The largest absolute Gasteiger partial charge is 0.480 e. The molecule has 0 radical (unpaired) electrons. The fraction of sp³-hybridized carbons (Fsp3) is 0.423. The van der Waals surface area contributed by atoms with E-state index in [1.165, 1.54) is 4.90 Å². The fourth-order valence-electron chi connectivity index (χ4n) is 4.24. The number of para-hydroxylation sites is 1. The minimum absolute atomic E-state index is 0.249. The molecule has 0 spiro atoms. The Morgan fingerprint density at radius 2 is 1.85 bits per heavy atom. The number of carboxylic acids is 1. The van der Waals surface area contributed by atoms with Gasteiger partial charge < -0.3 is 9.84 Å². The monoisotopic (exact) mass is 452 g/mol. The molecule has 0 saturated heterocycles. The van der Waals surface area contributed by atoms with E-state index in [0.29, 0.717) is 24.9 Å². The van der Waals surface area contributed by atoms with Crippen molar-refractivity contribution in [1.82, 2.24) is 5.32 Å². The summed E-state index contributed by atoms with van der Waals surface area (Å²) in [6.07, 6.45) is 4.07. The first-order valence-corrected chi connectivity index (χ1v) is 11.6. The summed E-state index contributed by atoms with van der Waals surface area (Å²) in [5, 5.41) is 12.7. The van der Waals surface area contributed by atoms with Crippen molar-refractivity contribution in [2.45, 2.75) is 57.5 Å². The number of benzene rings is 2. The van der Waals surface area contributed by atoms with Gasteiger partial charge in [-0.15, -0.1) is 0 Å². The first kappa shape index (κ1) is 24.5. The van der Waals surface area contributed by atoms with Crippen molar-refractivity contribution < 1.29 is 24.2 Å². The molecule has 7 nitrogen and oxygen atoms in total. The van der Waals surface area contributed by atoms with Crippen molar-refractivity contribution in [3.63, 3.8) is 0 Å². The number of carbonyl (C=O) groups excluding carboxylic acids is 2. The molecule has 0 saturated carbocycles. The second-order valence-corrected chi connectivity index (χ2v) is 8.24. The maximum Gasteiger partial charge on any atom is 0.323 e. The number of fused-ring (bicyclic) bond motifs is 1. The van der Waals surface area contributed by atoms with Crippen LogP contribution in [0.4, 0.5) is 5.69 Å². The molecule has 1 amide bonds. The van der Waals surface area contributed by atoms with Crippen LogP contribution in [0.15, 0.2) is 54.6 Å². The summed E-state index contributed by atoms with van der Waals surface area (Å²) in [5.41, 5.74) is 2.67. The third-order valence-electron chi connectivity index (χ3n) is 5.87. The number of rotatable bonds is 9. The Balaban J connectivity index is 1.84. The number of esters is 1. The van der Waals surface area contributed by atoms with Gasteiger partial charge in [0.15, 0.2) is 0 Å². The summed E-state index contributed by atoms with van der Waals surface area (Å²) in [7, 11) is 0. The minimum atomic E-state index is -1.08. The van der Waals surface area contributed by atoms with E-state index < -0.39 is 30.6 Å². The van der Waals surface area contributed by atoms with Gasteiger partial charge in [-0.25, -0.2) is 0 Å². The molecule has 0 aromatic heterocycles. The van der Waals surface area contributed by atoms with Crippen LogP contribution in [-0.2, 0) is 32.0 Å². The summed E-state index contributed by atoms with van der Waals surface area (Å²) >= 11 is 0. The van der Waals surface area contributed by atoms with E-state index in [0.717, 1.165) is 30.4 Å². The number of hydrogen-bond acceptors (Lipinski definition) is 5. The van der Waals surface area contributed by atoms with Gasteiger partial charge in [0, 0.05) is 5.69 Å². The highest BCUT2D eigenvalue weighted by Crippen LogP contribution is 2.26. The normalized spacial score (nSPS) is 17.3. The van der Waals surface area contributed by atoms with Gasteiger partial charge in [0.1, 0.15) is 12.6 Å². The number of anilines is 1. The lowest BCUT2D eigenvalue weighted by molar-refractivity contribution is -0.146. The van der Waals surface area contributed by atoms with E-state index in [9.17, 15) is 19.5 Å². The van der Waals surface area contributed by atoms with Gasteiger partial charge in [-0.2, -0.15) is 0 Å². The molecule has 2 aromatic rings. The SMILES string of the molecule is CCOC(=O)[C@H](CCc1ccccc1)N[C@@H]1CCCCc2ccccc2N(CC(=O)O)C1=O. The maximum absolute atomic E-state index is 13.6. The predicted molar refractivity (Wildman–Crippen MR) is 126 cm³/mol. The van der Waals surface area contributed by atoms with Crippen LogP contribution in [-0.4, -0.2) is 48.2 Å². The molecule has 3 rings (SSSR count). The highest BCUT2D eigenvalue weighted by Gasteiger charge is 2.32. The lowest BCUT2D eigenvalue weighted by Gasteiger charge is -2.29. The second kappa shape index (κ2) is 12.2. The van der Waals surface area contributed by atoms with Crippen LogP contribution in [0.1, 0.15) is 43.7 Å². The number of ether oxygens (including phenoxy) is 1. The average Bonchev–Trinajstić information content (AvgIpc) is 2.87. The number of aliphatic carboxylic acids is 1. The second-order valence-electron chi connectivity index (χ2n) is 8.24. The molecule has 0 unspecified atom stereocenters. The summed E-state index contributed by atoms with van der Waals surface area (Å²) in [5.74, 6) is -1.81. The van der Waals surface area contributed by atoms with Crippen LogP contribution in [0.5, 0.6) is 0 Å². The van der Waals surface area contributed by atoms with Gasteiger partial charge in [0.25, 0.3) is 0 Å². The first-order chi connectivity index (χ1) is 16.0. The molecule has 2 atom stereocenters. The Morgan fingerprint density at radius 3 is 2.58 bits per heavy atom. The Labute approximate surface area is 194 Å². The molecule has 1 heterocycles. The van der Waals surface area contributed by atoms with E-state index in [1.807, 2.05) is 48.5 Å². The van der Waals surface area contributed by atoms with E-state index >= 15 is 0 Å². The van der Waals surface area contributed by atoms with Gasteiger partial charge in [-0.3, -0.25) is 24.6 Å². The molecule has 33 heavy (non-hydrogen) atoms. The zero-order chi connectivity index (χ0) is 23.6. The number of carbonyl (C=O) groups is 3. The smallest absolute Gasteiger partial charge is 0.323 e. The van der Waals surface area contributed by atoms with E-state index in [4.69, 9.17) is 4.74 Å². The summed E-state index contributed by atoms with van der Waals surface area (Å²) in [6, 6.07) is 15.9. The van der Waals surface area contributed by atoms with Gasteiger partial charge in [-0.05, 0) is 56.2 Å². The van der Waals surface area contributed by atoms with E-state index in [1.54, 1.807) is 13.0 Å². The van der Waals surface area contributed by atoms with Crippen molar-refractivity contribution >= 4 is 23.5 Å². The Morgan fingerprint density at radius 1 is 1.12 bits per heavy atom. The molecule has 1 aliphatic heterocycles. The van der Waals surface area contributed by atoms with E-state index in [-0.39, 0.29) is 12.5 Å². The van der Waals surface area contributed by atoms with Crippen molar-refractivity contribution in [2.24, 2.45) is 0 Å². The Bertz CT molecular complexity index is 947. The fourth-order valence-corrected chi connectivity index (χ4v) is 4.24. The molecule has 0 aliphatic carbocycles. The topological polar surface area (TPSA) is 95.9 Å². The van der Waals surface area contributed by atoms with Gasteiger partial charge in [-0.1, -0.05) is 55.0 Å². The molecule has 2 aromatic carbocycles. The summed E-state index contributed by atoms with van der Waals surface area (Å²) in [4.78, 5) is 39.2. The highest BCUT2D eigenvalue weighted by molar-refractivity contribution is 6.01. The molecular weight excluding hydrogens is 420 g/mol. The number of nitrogens with zero attached hydrogens (tertiary/aromatic N) is 1. The zero-order valence-corrected chi connectivity index (χ0v) is 19.0. The van der Waals surface area contributed by atoms with Crippen LogP contribution < -0.4 is 10.2 Å². The van der Waals surface area contributed by atoms with Gasteiger partial charge in [0.2, 0.25) is 5.91 Å². The van der Waals surface area contributed by atoms with E-state index in [2.05, 4.69) is 5.32 Å². The zero-order valence-electron chi connectivity index (χ0n) is 19.0. The maximum atomic E-state index is 13.6. The molecule has 7 heteroatoms. The number of amides is 1. The third-order valence-corrected chi connectivity index (χ3v) is 5.87. The standard InChI is InChI=1S/C26H32N2O5/c1-2-33-26(32)22(17-16-19-10-4-3-5-11-19)27-21-14-8-6-12-20-13-7-9-15-23(20)28(25(21)31)18-24(29)30/h3-5,7,9-11,13,15,21-22,27H,2,6,8,12,14,16-18H2,1H3,(H,29,30)/t21-,22+/m1/s1. The summed E-state index contributed by atoms with van der Waals surface area (Å²) in [6.45, 7) is 1.57. The van der Waals surface area contributed by atoms with Crippen molar-refractivity contribution in [2.75, 3.05) is 18.1 Å². The Hall–Kier alpha value is -3.19. The summed E-state index contributed by atoms with van der Waals surface area (Å²) < 4.78 is 5.28. The number of nitrogens with one attached hydrogen (secondary N) is 1. The van der Waals surface area contributed by atoms with Crippen LogP contribution >= 0.6 is 0 Å². The highest BCUT2D eigenvalue weighted by atomic mass is 16.5. The van der Waals surface area contributed by atoms with Crippen LogP contribution in [0, 0.1) is 0 Å². The number of hydrogen-bond donors (Lipinski definition) is 2. The molecule has 1 aliphatic rings. The van der Waals surface area contributed by atoms with Crippen molar-refractivity contribution in [3.05, 3.63) is 65.7 Å². The quantitative estimate of drug-likeness (QED) is 0.567. The molecule has 0 bridgehead atoms. The molecule has 0 fully saturated rings. The van der Waals surface area contributed by atoms with Crippen LogP contribution in [0.25, 0.3) is 0 Å². The minimum Gasteiger partial charge on any atom is -0.480 e. The predicted octanol–water partition coefficient (Wildman–Crippen LogP) is 3.35. The Kier molecular flexibility index (Phi) is 9.01.